The molecule has 12 heavy (non-hydrogen) atoms. The Labute approximate surface area is 79.4 Å². The van der Waals surface area contributed by atoms with Gasteiger partial charge in [-0.1, -0.05) is 0 Å². The van der Waals surface area contributed by atoms with E-state index in [2.05, 4.69) is 12.6 Å². The molecule has 0 spiro atoms. The molecule has 0 saturated heterocycles. The normalized spacial score (nSPS) is 10.9. The molecule has 0 aliphatic heterocycles. The van der Waals surface area contributed by atoms with Gasteiger partial charge in [0.15, 0.2) is 0 Å². The quantitative estimate of drug-likeness (QED) is 0.614. The average molecular weight is 198 g/mol. The van der Waals surface area contributed by atoms with Crippen LogP contribution in [0.15, 0.2) is 22.4 Å². The molecular weight excluding hydrogens is 191 g/mol. The van der Waals surface area contributed by atoms with Crippen molar-refractivity contribution in [3.05, 3.63) is 28.9 Å². The van der Waals surface area contributed by atoms with Gasteiger partial charge in [0.05, 0.1) is 9.60 Å². The molecule has 0 amide bonds. The highest BCUT2D eigenvalue weighted by atomic mass is 32.1. The van der Waals surface area contributed by atoms with Gasteiger partial charge in [0.1, 0.15) is 5.82 Å². The molecule has 0 N–H and O–H groups in total. The molecule has 2 rings (SSSR count). The van der Waals surface area contributed by atoms with Gasteiger partial charge in [0.2, 0.25) is 0 Å². The predicted octanol–water partition coefficient (Wildman–Crippen LogP) is 3.64. The third kappa shape index (κ3) is 1.04. The Morgan fingerprint density at radius 1 is 1.50 bits per heavy atom. The van der Waals surface area contributed by atoms with Crippen molar-refractivity contribution in [3.8, 4) is 0 Å². The third-order valence-electron chi connectivity index (χ3n) is 1.84. The summed E-state index contributed by atoms with van der Waals surface area (Å²) in [5.74, 6) is -0.201. The fraction of sp³-hybridized carbons (Fsp3) is 0.111. The van der Waals surface area contributed by atoms with Gasteiger partial charge in [-0.05, 0) is 35.4 Å². The van der Waals surface area contributed by atoms with E-state index < -0.39 is 0 Å². The molecule has 0 atom stereocenters. The van der Waals surface area contributed by atoms with Crippen LogP contribution in [0, 0.1) is 12.7 Å². The molecule has 0 unspecified atom stereocenters. The van der Waals surface area contributed by atoms with E-state index in [1.165, 1.54) is 11.3 Å². The highest BCUT2D eigenvalue weighted by molar-refractivity contribution is 7.80. The van der Waals surface area contributed by atoms with Gasteiger partial charge in [0.25, 0.3) is 0 Å². The minimum atomic E-state index is -0.201. The van der Waals surface area contributed by atoms with Gasteiger partial charge in [0, 0.05) is 0 Å². The fourth-order valence-electron chi connectivity index (χ4n) is 1.21. The summed E-state index contributed by atoms with van der Waals surface area (Å²) in [7, 11) is 0. The molecule has 3 heteroatoms. The number of aryl methyl sites for hydroxylation is 1. The molecule has 0 aliphatic carbocycles. The Hall–Kier alpha value is -0.540. The van der Waals surface area contributed by atoms with Crippen molar-refractivity contribution in [3.63, 3.8) is 0 Å². The Kier molecular flexibility index (Phi) is 1.85. The van der Waals surface area contributed by atoms with E-state index in [0.29, 0.717) is 10.5 Å². The van der Waals surface area contributed by atoms with Crippen LogP contribution in [0.3, 0.4) is 0 Å². The van der Waals surface area contributed by atoms with Crippen molar-refractivity contribution in [1.82, 2.24) is 0 Å². The van der Waals surface area contributed by atoms with E-state index in [9.17, 15) is 4.39 Å². The molecule has 0 radical (unpaired) electrons. The summed E-state index contributed by atoms with van der Waals surface area (Å²) in [6.07, 6.45) is 0. The van der Waals surface area contributed by atoms with Gasteiger partial charge in [-0.15, -0.1) is 24.0 Å². The molecule has 0 fully saturated rings. The Bertz CT molecular complexity index is 431. The minimum Gasteiger partial charge on any atom is -0.205 e. The molecule has 0 bridgehead atoms. The van der Waals surface area contributed by atoms with Crippen molar-refractivity contribution >= 4 is 34.1 Å². The van der Waals surface area contributed by atoms with Gasteiger partial charge in [-0.2, -0.15) is 0 Å². The molecule has 0 saturated carbocycles. The fourth-order valence-corrected chi connectivity index (χ4v) is 2.49. The summed E-state index contributed by atoms with van der Waals surface area (Å²) in [6.45, 7) is 1.76. The van der Waals surface area contributed by atoms with Crippen LogP contribution >= 0.6 is 24.0 Å². The third-order valence-corrected chi connectivity index (χ3v) is 3.36. The van der Waals surface area contributed by atoms with Gasteiger partial charge >= 0.3 is 0 Å². The van der Waals surface area contributed by atoms with Crippen LogP contribution in [0.2, 0.25) is 0 Å². The average Bonchev–Trinajstić information content (AvgIpc) is 2.48. The first-order chi connectivity index (χ1) is 5.70. The molecule has 62 valence electrons. The number of rotatable bonds is 0. The first-order valence-electron chi connectivity index (χ1n) is 3.55. The standard InChI is InChI=1S/C9H7FS2/c1-5-4-6-2-3-12-9(6)8(11)7(5)10/h2-4,11H,1H3. The Balaban J connectivity index is 2.94. The zero-order valence-electron chi connectivity index (χ0n) is 6.47. The van der Waals surface area contributed by atoms with Crippen LogP contribution in [0.5, 0.6) is 0 Å². The second kappa shape index (κ2) is 2.75. The molecule has 0 nitrogen and oxygen atoms in total. The number of halogens is 1. The van der Waals surface area contributed by atoms with E-state index in [1.54, 1.807) is 6.92 Å². The first-order valence-corrected chi connectivity index (χ1v) is 4.88. The topological polar surface area (TPSA) is 0 Å². The van der Waals surface area contributed by atoms with E-state index in [1.807, 2.05) is 17.5 Å². The lowest BCUT2D eigenvalue weighted by Gasteiger charge is -2.00. The molecule has 1 aromatic carbocycles. The lowest BCUT2D eigenvalue weighted by Crippen LogP contribution is -1.83. The molecule has 1 aromatic heterocycles. The first kappa shape index (κ1) is 8.08. The predicted molar refractivity (Wildman–Crippen MR) is 53.8 cm³/mol. The van der Waals surface area contributed by atoms with Crippen LogP contribution in [-0.2, 0) is 0 Å². The summed E-state index contributed by atoms with van der Waals surface area (Å²) in [5.41, 5.74) is 0.658. The van der Waals surface area contributed by atoms with E-state index >= 15 is 0 Å². The Morgan fingerprint density at radius 3 is 3.00 bits per heavy atom. The van der Waals surface area contributed by atoms with Crippen LogP contribution in [-0.4, -0.2) is 0 Å². The van der Waals surface area contributed by atoms with E-state index in [0.717, 1.165) is 10.1 Å². The number of fused-ring (bicyclic) bond motifs is 1. The van der Waals surface area contributed by atoms with Crippen molar-refractivity contribution in [2.45, 2.75) is 11.8 Å². The number of hydrogen-bond donors (Lipinski definition) is 1. The second-order valence-corrected chi connectivity index (χ2v) is 4.06. The maximum absolute atomic E-state index is 13.3. The zero-order valence-corrected chi connectivity index (χ0v) is 8.18. The zero-order chi connectivity index (χ0) is 8.72. The van der Waals surface area contributed by atoms with Crippen LogP contribution in [0.1, 0.15) is 5.56 Å². The van der Waals surface area contributed by atoms with Crippen molar-refractivity contribution in [2.75, 3.05) is 0 Å². The number of hydrogen-bond acceptors (Lipinski definition) is 2. The largest absolute Gasteiger partial charge is 0.205 e. The van der Waals surface area contributed by atoms with Crippen molar-refractivity contribution in [2.24, 2.45) is 0 Å². The highest BCUT2D eigenvalue weighted by Gasteiger charge is 2.07. The van der Waals surface area contributed by atoms with Gasteiger partial charge in [-0.3, -0.25) is 0 Å². The van der Waals surface area contributed by atoms with E-state index in [-0.39, 0.29) is 5.82 Å². The highest BCUT2D eigenvalue weighted by Crippen LogP contribution is 2.31. The second-order valence-electron chi connectivity index (χ2n) is 2.70. The smallest absolute Gasteiger partial charge is 0.140 e. The van der Waals surface area contributed by atoms with Crippen LogP contribution < -0.4 is 0 Å². The summed E-state index contributed by atoms with van der Waals surface area (Å²) >= 11 is 5.66. The molecule has 2 aromatic rings. The van der Waals surface area contributed by atoms with Gasteiger partial charge < -0.3 is 0 Å². The van der Waals surface area contributed by atoms with Crippen LogP contribution in [0.25, 0.3) is 10.1 Å². The maximum atomic E-state index is 13.3. The summed E-state index contributed by atoms with van der Waals surface area (Å²) in [5, 5.41) is 3.02. The molecule has 0 aliphatic rings. The summed E-state index contributed by atoms with van der Waals surface area (Å²) < 4.78 is 14.2. The minimum absolute atomic E-state index is 0.201. The van der Waals surface area contributed by atoms with Crippen molar-refractivity contribution in [1.29, 1.82) is 0 Å². The number of thiophene rings is 1. The number of thiol groups is 1. The van der Waals surface area contributed by atoms with Gasteiger partial charge in [-0.25, -0.2) is 4.39 Å². The summed E-state index contributed by atoms with van der Waals surface area (Å²) in [6, 6.07) is 3.83. The SMILES string of the molecule is Cc1cc2ccsc2c(S)c1F. The van der Waals surface area contributed by atoms with E-state index in [4.69, 9.17) is 0 Å². The molecular formula is C9H7FS2. The Morgan fingerprint density at radius 2 is 2.25 bits per heavy atom. The molecule has 1 heterocycles. The van der Waals surface area contributed by atoms with Crippen molar-refractivity contribution < 1.29 is 4.39 Å². The summed E-state index contributed by atoms with van der Waals surface area (Å²) in [4.78, 5) is 0.472. The maximum Gasteiger partial charge on any atom is 0.140 e. The monoisotopic (exact) mass is 198 g/mol. The lowest BCUT2D eigenvalue weighted by molar-refractivity contribution is 0.597. The lowest BCUT2D eigenvalue weighted by atomic mass is 10.2. The van der Waals surface area contributed by atoms with Crippen LogP contribution in [0.4, 0.5) is 4.39 Å². The number of benzene rings is 1.